The molecule has 6 nitrogen and oxygen atoms in total. The molecular weight excluding hydrogens is 392 g/mol. The van der Waals surface area contributed by atoms with Gasteiger partial charge >= 0.3 is 0 Å². The first kappa shape index (κ1) is 19.2. The lowest BCUT2D eigenvalue weighted by molar-refractivity contribution is -0.129. The number of methoxy groups -OCH3 is 2. The maximum atomic E-state index is 13.5. The lowest BCUT2D eigenvalue weighted by Crippen LogP contribution is -2.61. The summed E-state index contributed by atoms with van der Waals surface area (Å²) in [6, 6.07) is 7.56. The highest BCUT2D eigenvalue weighted by Gasteiger charge is 2.58. The normalized spacial score (nSPS) is 32.0. The monoisotopic (exact) mass is 422 g/mol. The van der Waals surface area contributed by atoms with Crippen LogP contribution in [0.4, 0.5) is 0 Å². The van der Waals surface area contributed by atoms with Gasteiger partial charge in [-0.3, -0.25) is 4.79 Å². The molecular formula is C25H30N2O4. The van der Waals surface area contributed by atoms with Gasteiger partial charge in [-0.25, -0.2) is 0 Å². The topological polar surface area (TPSA) is 73.6 Å². The van der Waals surface area contributed by atoms with Gasteiger partial charge in [0.2, 0.25) is 5.91 Å². The minimum absolute atomic E-state index is 0.0251. The van der Waals surface area contributed by atoms with Crippen LogP contribution < -0.4 is 14.8 Å². The zero-order valence-electron chi connectivity index (χ0n) is 18.3. The van der Waals surface area contributed by atoms with E-state index in [-0.39, 0.29) is 11.4 Å². The predicted molar refractivity (Wildman–Crippen MR) is 115 cm³/mol. The Hall–Kier alpha value is -2.50. The van der Waals surface area contributed by atoms with Gasteiger partial charge in [0.15, 0.2) is 17.3 Å². The van der Waals surface area contributed by atoms with E-state index in [4.69, 9.17) is 14.0 Å². The second-order valence-corrected chi connectivity index (χ2v) is 10.4. The molecule has 164 valence electrons. The van der Waals surface area contributed by atoms with Gasteiger partial charge in [0.05, 0.1) is 25.3 Å². The number of benzene rings is 1. The zero-order valence-corrected chi connectivity index (χ0v) is 18.3. The molecule has 0 saturated heterocycles. The van der Waals surface area contributed by atoms with E-state index in [9.17, 15) is 4.79 Å². The van der Waals surface area contributed by atoms with Crippen LogP contribution in [0.15, 0.2) is 28.8 Å². The zero-order chi connectivity index (χ0) is 21.2. The summed E-state index contributed by atoms with van der Waals surface area (Å²) in [5.74, 6) is 4.53. The van der Waals surface area contributed by atoms with Gasteiger partial charge in [-0.05, 0) is 87.3 Å². The molecule has 0 atom stereocenters. The number of nitrogens with zero attached hydrogens (tertiary/aromatic N) is 1. The summed E-state index contributed by atoms with van der Waals surface area (Å²) < 4.78 is 16.4. The lowest BCUT2D eigenvalue weighted by atomic mass is 9.53. The van der Waals surface area contributed by atoms with Crippen LogP contribution in [-0.2, 0) is 10.2 Å². The van der Waals surface area contributed by atoms with Crippen LogP contribution >= 0.6 is 0 Å². The van der Waals surface area contributed by atoms with Crippen molar-refractivity contribution >= 4 is 5.91 Å². The summed E-state index contributed by atoms with van der Waals surface area (Å²) in [5.41, 5.74) is 1.10. The summed E-state index contributed by atoms with van der Waals surface area (Å²) in [6.07, 6.45) is 9.28. The van der Waals surface area contributed by atoms with E-state index >= 15 is 0 Å². The van der Waals surface area contributed by atoms with E-state index in [1.165, 1.54) is 19.3 Å². The molecule has 1 aromatic carbocycles. The average Bonchev–Trinajstić information content (AvgIpc) is 3.42. The van der Waals surface area contributed by atoms with Crippen molar-refractivity contribution in [2.24, 2.45) is 17.8 Å². The van der Waals surface area contributed by atoms with Crippen molar-refractivity contribution in [3.8, 4) is 22.8 Å². The molecule has 0 unspecified atom stereocenters. The summed E-state index contributed by atoms with van der Waals surface area (Å²) >= 11 is 0. The van der Waals surface area contributed by atoms with Crippen LogP contribution in [0.1, 0.15) is 57.1 Å². The van der Waals surface area contributed by atoms with Crippen LogP contribution in [0.2, 0.25) is 0 Å². The quantitative estimate of drug-likeness (QED) is 0.743. The Bertz CT molecular complexity index is 987. The van der Waals surface area contributed by atoms with Crippen molar-refractivity contribution in [3.05, 3.63) is 30.0 Å². The molecule has 1 aromatic heterocycles. The molecule has 1 N–H and O–H groups in total. The highest BCUT2D eigenvalue weighted by Crippen LogP contribution is 2.57. The number of nitrogens with one attached hydrogen (secondary N) is 1. The van der Waals surface area contributed by atoms with Crippen LogP contribution in [0, 0.1) is 17.8 Å². The fourth-order valence-electron chi connectivity index (χ4n) is 6.98. The molecule has 5 aliphatic carbocycles. The highest BCUT2D eigenvalue weighted by molar-refractivity contribution is 5.91. The third-order valence-corrected chi connectivity index (χ3v) is 8.27. The smallest absolute Gasteiger partial charge is 0.232 e. The van der Waals surface area contributed by atoms with Gasteiger partial charge in [0.25, 0.3) is 0 Å². The van der Waals surface area contributed by atoms with Crippen molar-refractivity contribution in [2.45, 2.75) is 62.3 Å². The van der Waals surface area contributed by atoms with Crippen LogP contribution in [-0.4, -0.2) is 30.8 Å². The van der Waals surface area contributed by atoms with Crippen molar-refractivity contribution in [1.29, 1.82) is 0 Å². The summed E-state index contributed by atoms with van der Waals surface area (Å²) in [6.45, 7) is 0. The van der Waals surface area contributed by atoms with Crippen LogP contribution in [0.25, 0.3) is 11.3 Å². The SMILES string of the molecule is COc1ccc(-c2cc(C3(C(=O)NC45CC6CC(CC(C6)C4)C5)CC3)no2)cc1OC. The molecule has 7 rings (SSSR count). The Kier molecular flexibility index (Phi) is 4.18. The van der Waals surface area contributed by atoms with E-state index in [0.29, 0.717) is 17.3 Å². The lowest BCUT2D eigenvalue weighted by Gasteiger charge is -2.57. The Morgan fingerprint density at radius 3 is 2.23 bits per heavy atom. The summed E-state index contributed by atoms with van der Waals surface area (Å²) in [4.78, 5) is 13.5. The summed E-state index contributed by atoms with van der Waals surface area (Å²) in [7, 11) is 3.23. The number of amides is 1. The van der Waals surface area contributed by atoms with E-state index in [2.05, 4.69) is 10.5 Å². The van der Waals surface area contributed by atoms with E-state index in [0.717, 1.165) is 61.1 Å². The van der Waals surface area contributed by atoms with Gasteiger partial charge in [0.1, 0.15) is 0 Å². The highest BCUT2D eigenvalue weighted by atomic mass is 16.5. The van der Waals surface area contributed by atoms with Crippen molar-refractivity contribution < 1.29 is 18.8 Å². The number of hydrogen-bond acceptors (Lipinski definition) is 5. The molecule has 5 saturated carbocycles. The molecule has 1 amide bonds. The number of carbonyl (C=O) groups is 1. The Morgan fingerprint density at radius 1 is 1.00 bits per heavy atom. The van der Waals surface area contributed by atoms with Crippen molar-refractivity contribution in [2.75, 3.05) is 14.2 Å². The maximum Gasteiger partial charge on any atom is 0.232 e. The Balaban J connectivity index is 1.23. The number of ether oxygens (including phenoxy) is 2. The fourth-order valence-corrected chi connectivity index (χ4v) is 6.98. The first-order valence-electron chi connectivity index (χ1n) is 11.5. The second kappa shape index (κ2) is 6.75. The number of carbonyl (C=O) groups excluding carboxylic acids is 1. The minimum Gasteiger partial charge on any atom is -0.493 e. The first-order valence-corrected chi connectivity index (χ1v) is 11.5. The molecule has 0 spiro atoms. The van der Waals surface area contributed by atoms with E-state index < -0.39 is 5.41 Å². The van der Waals surface area contributed by atoms with Gasteiger partial charge in [-0.1, -0.05) is 5.16 Å². The van der Waals surface area contributed by atoms with Gasteiger partial charge < -0.3 is 19.3 Å². The van der Waals surface area contributed by atoms with E-state index in [1.54, 1.807) is 14.2 Å². The third kappa shape index (κ3) is 3.06. The number of rotatable bonds is 6. The molecule has 5 fully saturated rings. The van der Waals surface area contributed by atoms with Gasteiger partial charge in [-0.2, -0.15) is 0 Å². The molecule has 1 heterocycles. The number of hydrogen-bond donors (Lipinski definition) is 1. The molecule has 0 aliphatic heterocycles. The van der Waals surface area contributed by atoms with Crippen LogP contribution in [0.3, 0.4) is 0 Å². The van der Waals surface area contributed by atoms with Crippen molar-refractivity contribution in [3.63, 3.8) is 0 Å². The Labute approximate surface area is 182 Å². The fraction of sp³-hybridized carbons (Fsp3) is 0.600. The molecule has 2 aromatic rings. The maximum absolute atomic E-state index is 13.5. The van der Waals surface area contributed by atoms with Crippen molar-refractivity contribution in [1.82, 2.24) is 10.5 Å². The standard InChI is InChI=1S/C25H30N2O4/c1-29-19-4-3-18(10-21(19)30-2)20-11-22(27-31-20)25(5-6-25)23(28)26-24-12-15-7-16(13-24)9-17(8-15)14-24/h3-4,10-11,15-17H,5-9,12-14H2,1-2H3,(H,26,28). The molecule has 6 heteroatoms. The number of aromatic nitrogens is 1. The second-order valence-electron chi connectivity index (χ2n) is 10.4. The largest absolute Gasteiger partial charge is 0.493 e. The van der Waals surface area contributed by atoms with Gasteiger partial charge in [0, 0.05) is 17.2 Å². The molecule has 31 heavy (non-hydrogen) atoms. The van der Waals surface area contributed by atoms with E-state index in [1.807, 2.05) is 24.3 Å². The molecule has 0 radical (unpaired) electrons. The third-order valence-electron chi connectivity index (χ3n) is 8.27. The predicted octanol–water partition coefficient (Wildman–Crippen LogP) is 4.48. The minimum atomic E-state index is -0.526. The van der Waals surface area contributed by atoms with Gasteiger partial charge in [-0.15, -0.1) is 0 Å². The van der Waals surface area contributed by atoms with Crippen LogP contribution in [0.5, 0.6) is 11.5 Å². The molecule has 5 aliphatic rings. The first-order chi connectivity index (χ1) is 15.0. The average molecular weight is 423 g/mol. The summed E-state index contributed by atoms with van der Waals surface area (Å²) in [5, 5.41) is 7.88. The Morgan fingerprint density at radius 2 is 1.65 bits per heavy atom. The molecule has 4 bridgehead atoms.